The largest absolute Gasteiger partial charge is 0.342 e. The van der Waals surface area contributed by atoms with Gasteiger partial charge in [-0.3, -0.25) is 10.6 Å². The molecule has 0 aliphatic carbocycles. The maximum atomic E-state index is 12.1. The lowest BCUT2D eigenvalue weighted by Gasteiger charge is -2.18. The number of anilines is 1. The molecular formula is C12H19N3O. The van der Waals surface area contributed by atoms with Crippen molar-refractivity contribution < 1.29 is 4.79 Å². The van der Waals surface area contributed by atoms with Crippen molar-refractivity contribution in [1.82, 2.24) is 4.90 Å². The Balaban J connectivity index is 2.79. The number of amides is 1. The second kappa shape index (κ2) is 6.12. The molecule has 0 unspecified atom stereocenters. The minimum atomic E-state index is 0.00185. The van der Waals surface area contributed by atoms with Crippen molar-refractivity contribution in [3.63, 3.8) is 0 Å². The zero-order chi connectivity index (χ0) is 12.0. The first-order valence-corrected chi connectivity index (χ1v) is 5.51. The molecule has 3 N–H and O–H groups in total. The molecule has 0 aromatic heterocycles. The van der Waals surface area contributed by atoms with Crippen molar-refractivity contribution in [2.45, 2.75) is 19.8 Å². The molecule has 0 bridgehead atoms. The van der Waals surface area contributed by atoms with Gasteiger partial charge in [0.15, 0.2) is 0 Å². The number of carbonyl (C=O) groups excluding carboxylic acids is 1. The van der Waals surface area contributed by atoms with Crippen LogP contribution in [0.3, 0.4) is 0 Å². The number of nitrogens with zero attached hydrogens (tertiary/aromatic N) is 1. The van der Waals surface area contributed by atoms with E-state index in [4.69, 9.17) is 5.84 Å². The highest BCUT2D eigenvalue weighted by molar-refractivity contribution is 5.99. The highest BCUT2D eigenvalue weighted by Crippen LogP contribution is 2.15. The van der Waals surface area contributed by atoms with Gasteiger partial charge in [0.2, 0.25) is 0 Å². The van der Waals surface area contributed by atoms with Crippen molar-refractivity contribution >= 4 is 11.6 Å². The fourth-order valence-electron chi connectivity index (χ4n) is 1.50. The molecule has 1 aromatic carbocycles. The van der Waals surface area contributed by atoms with Gasteiger partial charge in [0.1, 0.15) is 0 Å². The number of nitrogen functional groups attached to an aromatic ring is 1. The van der Waals surface area contributed by atoms with Crippen LogP contribution in [0.5, 0.6) is 0 Å². The van der Waals surface area contributed by atoms with Crippen LogP contribution in [0.25, 0.3) is 0 Å². The molecular weight excluding hydrogens is 202 g/mol. The zero-order valence-electron chi connectivity index (χ0n) is 9.86. The quantitative estimate of drug-likeness (QED) is 0.589. The van der Waals surface area contributed by atoms with Gasteiger partial charge in [-0.2, -0.15) is 0 Å². The number of hydrazine groups is 1. The van der Waals surface area contributed by atoms with Crippen LogP contribution in [0.2, 0.25) is 0 Å². The Labute approximate surface area is 96.4 Å². The van der Waals surface area contributed by atoms with E-state index in [9.17, 15) is 4.79 Å². The van der Waals surface area contributed by atoms with Crippen molar-refractivity contribution in [2.24, 2.45) is 5.84 Å². The number of nitrogens with two attached hydrogens (primary N) is 1. The van der Waals surface area contributed by atoms with Crippen molar-refractivity contribution in [1.29, 1.82) is 0 Å². The average molecular weight is 221 g/mol. The van der Waals surface area contributed by atoms with Gasteiger partial charge in [-0.25, -0.2) is 0 Å². The van der Waals surface area contributed by atoms with Crippen molar-refractivity contribution in [3.8, 4) is 0 Å². The van der Waals surface area contributed by atoms with Gasteiger partial charge in [-0.15, -0.1) is 0 Å². The van der Waals surface area contributed by atoms with Crippen LogP contribution in [0.4, 0.5) is 5.69 Å². The molecule has 0 atom stereocenters. The fraction of sp³-hybridized carbons (Fsp3) is 0.417. The molecule has 0 aliphatic rings. The Bertz CT molecular complexity index is 352. The van der Waals surface area contributed by atoms with E-state index in [1.54, 1.807) is 17.0 Å². The third kappa shape index (κ3) is 2.97. The van der Waals surface area contributed by atoms with Crippen LogP contribution in [0.15, 0.2) is 24.3 Å². The Hall–Kier alpha value is -1.55. The Kier molecular flexibility index (Phi) is 4.79. The predicted octanol–water partition coefficient (Wildman–Crippen LogP) is 1.84. The summed E-state index contributed by atoms with van der Waals surface area (Å²) in [6.45, 7) is 2.88. The molecule has 0 spiro atoms. The molecule has 0 saturated heterocycles. The second-order valence-electron chi connectivity index (χ2n) is 3.77. The fourth-order valence-corrected chi connectivity index (χ4v) is 1.50. The first-order valence-electron chi connectivity index (χ1n) is 5.51. The molecule has 16 heavy (non-hydrogen) atoms. The summed E-state index contributed by atoms with van der Waals surface area (Å²) in [5.41, 5.74) is 3.82. The number of nitrogens with one attached hydrogen (secondary N) is 1. The van der Waals surface area contributed by atoms with Gasteiger partial charge >= 0.3 is 0 Å². The van der Waals surface area contributed by atoms with Crippen LogP contribution in [-0.2, 0) is 0 Å². The highest BCUT2D eigenvalue weighted by atomic mass is 16.2. The molecule has 0 radical (unpaired) electrons. The van der Waals surface area contributed by atoms with E-state index in [-0.39, 0.29) is 5.91 Å². The van der Waals surface area contributed by atoms with Crippen LogP contribution in [0.1, 0.15) is 30.1 Å². The molecule has 0 heterocycles. The smallest absolute Gasteiger partial charge is 0.255 e. The first kappa shape index (κ1) is 12.5. The molecule has 0 aliphatic heterocycles. The first-order chi connectivity index (χ1) is 7.70. The summed E-state index contributed by atoms with van der Waals surface area (Å²) in [4.78, 5) is 13.8. The number of rotatable bonds is 5. The third-order valence-electron chi connectivity index (χ3n) is 2.51. The van der Waals surface area contributed by atoms with E-state index in [1.165, 1.54) is 0 Å². The molecule has 4 heteroatoms. The normalized spacial score (nSPS) is 9.94. The SMILES string of the molecule is CCCCN(C)C(=O)c1ccccc1NN. The van der Waals surface area contributed by atoms with Crippen molar-refractivity contribution in [2.75, 3.05) is 19.0 Å². The van der Waals surface area contributed by atoms with E-state index in [1.807, 2.05) is 19.2 Å². The lowest BCUT2D eigenvalue weighted by molar-refractivity contribution is 0.0794. The van der Waals surface area contributed by atoms with E-state index in [0.29, 0.717) is 11.3 Å². The minimum absolute atomic E-state index is 0.00185. The zero-order valence-corrected chi connectivity index (χ0v) is 9.86. The molecule has 0 saturated carbocycles. The van der Waals surface area contributed by atoms with Crippen LogP contribution >= 0.6 is 0 Å². The number of carbonyl (C=O) groups is 1. The van der Waals surface area contributed by atoms with E-state index in [0.717, 1.165) is 19.4 Å². The number of unbranched alkanes of at least 4 members (excludes halogenated alkanes) is 1. The van der Waals surface area contributed by atoms with Gasteiger partial charge in [-0.05, 0) is 18.6 Å². The summed E-state index contributed by atoms with van der Waals surface area (Å²) in [6.07, 6.45) is 2.09. The Morgan fingerprint density at radius 2 is 2.12 bits per heavy atom. The van der Waals surface area contributed by atoms with Crippen LogP contribution in [-0.4, -0.2) is 24.4 Å². The number of para-hydroxylation sites is 1. The Morgan fingerprint density at radius 3 is 2.75 bits per heavy atom. The van der Waals surface area contributed by atoms with Crippen LogP contribution < -0.4 is 11.3 Å². The number of hydrogen-bond donors (Lipinski definition) is 2. The van der Waals surface area contributed by atoms with Crippen molar-refractivity contribution in [3.05, 3.63) is 29.8 Å². The Morgan fingerprint density at radius 1 is 1.44 bits per heavy atom. The summed E-state index contributed by atoms with van der Waals surface area (Å²) >= 11 is 0. The highest BCUT2D eigenvalue weighted by Gasteiger charge is 2.14. The molecule has 1 rings (SSSR count). The monoisotopic (exact) mass is 221 g/mol. The maximum absolute atomic E-state index is 12.1. The van der Waals surface area contributed by atoms with E-state index < -0.39 is 0 Å². The lowest BCUT2D eigenvalue weighted by Crippen LogP contribution is -2.28. The standard InChI is InChI=1S/C12H19N3O/c1-3-4-9-15(2)12(16)10-7-5-6-8-11(10)14-13/h5-8,14H,3-4,9,13H2,1-2H3. The summed E-state index contributed by atoms with van der Waals surface area (Å²) in [7, 11) is 1.81. The summed E-state index contributed by atoms with van der Waals surface area (Å²) < 4.78 is 0. The van der Waals surface area contributed by atoms with Gasteiger partial charge in [0, 0.05) is 13.6 Å². The second-order valence-corrected chi connectivity index (χ2v) is 3.77. The van der Waals surface area contributed by atoms with E-state index in [2.05, 4.69) is 12.3 Å². The van der Waals surface area contributed by atoms with Gasteiger partial charge in [0.25, 0.3) is 5.91 Å². The summed E-state index contributed by atoms with van der Waals surface area (Å²) in [6, 6.07) is 7.25. The van der Waals surface area contributed by atoms with Gasteiger partial charge in [-0.1, -0.05) is 25.5 Å². The number of hydrogen-bond acceptors (Lipinski definition) is 3. The topological polar surface area (TPSA) is 58.4 Å². The molecule has 4 nitrogen and oxygen atoms in total. The summed E-state index contributed by atoms with van der Waals surface area (Å²) in [5.74, 6) is 5.37. The van der Waals surface area contributed by atoms with Gasteiger partial charge < -0.3 is 10.3 Å². The predicted molar refractivity (Wildman–Crippen MR) is 66.1 cm³/mol. The van der Waals surface area contributed by atoms with E-state index >= 15 is 0 Å². The minimum Gasteiger partial charge on any atom is -0.342 e. The van der Waals surface area contributed by atoms with Gasteiger partial charge in [0.05, 0.1) is 11.3 Å². The third-order valence-corrected chi connectivity index (χ3v) is 2.51. The lowest BCUT2D eigenvalue weighted by atomic mass is 10.1. The van der Waals surface area contributed by atoms with Crippen LogP contribution in [0, 0.1) is 0 Å². The average Bonchev–Trinajstić information content (AvgIpc) is 2.34. The molecule has 1 aromatic rings. The summed E-state index contributed by atoms with van der Waals surface area (Å²) in [5, 5.41) is 0. The molecule has 0 fully saturated rings. The molecule has 88 valence electrons. The number of benzene rings is 1. The molecule has 1 amide bonds. The maximum Gasteiger partial charge on any atom is 0.255 e.